The van der Waals surface area contributed by atoms with Gasteiger partial charge in [0.1, 0.15) is 0 Å². The van der Waals surface area contributed by atoms with Crippen molar-refractivity contribution < 1.29 is 9.59 Å². The van der Waals surface area contributed by atoms with Crippen LogP contribution in [-0.2, 0) is 4.79 Å². The molecule has 5 heteroatoms. The number of para-hydroxylation sites is 1. The molecule has 0 atom stereocenters. The molecule has 0 aliphatic carbocycles. The van der Waals surface area contributed by atoms with Gasteiger partial charge in [-0.3, -0.25) is 14.2 Å². The normalized spacial score (nSPS) is 10.7. The molecule has 2 aromatic carbocycles. The zero-order valence-corrected chi connectivity index (χ0v) is 13.1. The van der Waals surface area contributed by atoms with Gasteiger partial charge >= 0.3 is 0 Å². The third-order valence-electron chi connectivity index (χ3n) is 3.56. The molecule has 0 unspecified atom stereocenters. The maximum Gasteiger partial charge on any atom is 0.231 e. The van der Waals surface area contributed by atoms with Gasteiger partial charge in [-0.15, -0.1) is 0 Å². The monoisotopic (exact) mass is 326 g/mol. The van der Waals surface area contributed by atoms with Crippen LogP contribution in [-0.4, -0.2) is 16.4 Å². The van der Waals surface area contributed by atoms with E-state index in [1.807, 2.05) is 30.3 Å². The molecule has 0 radical (unpaired) electrons. The van der Waals surface area contributed by atoms with E-state index in [1.165, 1.54) is 0 Å². The van der Waals surface area contributed by atoms with Gasteiger partial charge in [0.2, 0.25) is 11.8 Å². The zero-order chi connectivity index (χ0) is 16.2. The summed E-state index contributed by atoms with van der Waals surface area (Å²) in [5.41, 5.74) is 1.52. The molecule has 0 saturated heterocycles. The SMILES string of the molecule is O=C(CCC(=O)n1ccc2ccccc21)Nc1ccc(Cl)cc1. The van der Waals surface area contributed by atoms with Gasteiger partial charge in [0.25, 0.3) is 0 Å². The molecule has 0 spiro atoms. The standard InChI is InChI=1S/C18H15ClN2O2/c19-14-5-7-15(8-6-14)20-17(22)9-10-18(23)21-12-11-13-3-1-2-4-16(13)21/h1-8,11-12H,9-10H2,(H,20,22). The molecule has 0 aliphatic rings. The van der Waals surface area contributed by atoms with Gasteiger partial charge in [-0.1, -0.05) is 29.8 Å². The highest BCUT2D eigenvalue weighted by atomic mass is 35.5. The lowest BCUT2D eigenvalue weighted by atomic mass is 10.2. The van der Waals surface area contributed by atoms with E-state index in [9.17, 15) is 9.59 Å². The minimum atomic E-state index is -0.197. The number of nitrogens with zero attached hydrogens (tertiary/aromatic N) is 1. The third-order valence-corrected chi connectivity index (χ3v) is 3.81. The van der Waals surface area contributed by atoms with Crippen molar-refractivity contribution in [2.75, 3.05) is 5.32 Å². The van der Waals surface area contributed by atoms with Crippen LogP contribution >= 0.6 is 11.6 Å². The van der Waals surface area contributed by atoms with Crippen LogP contribution in [0, 0.1) is 0 Å². The van der Waals surface area contributed by atoms with Crippen molar-refractivity contribution in [2.24, 2.45) is 0 Å². The summed E-state index contributed by atoms with van der Waals surface area (Å²) in [6.45, 7) is 0. The van der Waals surface area contributed by atoms with Crippen LogP contribution in [0.5, 0.6) is 0 Å². The average molecular weight is 327 g/mol. The van der Waals surface area contributed by atoms with Crippen molar-refractivity contribution in [1.29, 1.82) is 0 Å². The zero-order valence-electron chi connectivity index (χ0n) is 12.3. The van der Waals surface area contributed by atoms with Gasteiger partial charge in [0, 0.05) is 35.1 Å². The van der Waals surface area contributed by atoms with E-state index >= 15 is 0 Å². The fourth-order valence-corrected chi connectivity index (χ4v) is 2.52. The molecule has 4 nitrogen and oxygen atoms in total. The van der Waals surface area contributed by atoms with E-state index in [1.54, 1.807) is 35.0 Å². The minimum absolute atomic E-state index is 0.0996. The Morgan fingerprint density at radius 1 is 0.957 bits per heavy atom. The Hall–Kier alpha value is -2.59. The summed E-state index contributed by atoms with van der Waals surface area (Å²) in [5, 5.41) is 4.36. The third kappa shape index (κ3) is 3.60. The molecule has 23 heavy (non-hydrogen) atoms. The Labute approximate surface area is 138 Å². The van der Waals surface area contributed by atoms with Gasteiger partial charge in [0.15, 0.2) is 0 Å². The highest BCUT2D eigenvalue weighted by molar-refractivity contribution is 6.30. The smallest absolute Gasteiger partial charge is 0.231 e. The average Bonchev–Trinajstić information content (AvgIpc) is 2.99. The van der Waals surface area contributed by atoms with Gasteiger partial charge < -0.3 is 5.32 Å². The van der Waals surface area contributed by atoms with E-state index < -0.39 is 0 Å². The maximum absolute atomic E-state index is 12.3. The lowest BCUT2D eigenvalue weighted by Gasteiger charge is -2.06. The van der Waals surface area contributed by atoms with Gasteiger partial charge in [0.05, 0.1) is 5.52 Å². The summed E-state index contributed by atoms with van der Waals surface area (Å²) in [6.07, 6.45) is 2.02. The first-order valence-electron chi connectivity index (χ1n) is 7.28. The summed E-state index contributed by atoms with van der Waals surface area (Å²) in [5.74, 6) is -0.297. The lowest BCUT2D eigenvalue weighted by molar-refractivity contribution is -0.116. The van der Waals surface area contributed by atoms with E-state index in [0.29, 0.717) is 10.7 Å². The Bertz CT molecular complexity index is 853. The number of amides is 1. The maximum atomic E-state index is 12.3. The number of nitrogens with one attached hydrogen (secondary N) is 1. The molecule has 1 amide bonds. The second-order valence-electron chi connectivity index (χ2n) is 5.19. The molecule has 0 aliphatic heterocycles. The number of fused-ring (bicyclic) bond motifs is 1. The Balaban J connectivity index is 1.60. The first-order valence-corrected chi connectivity index (χ1v) is 7.66. The van der Waals surface area contributed by atoms with Gasteiger partial charge in [-0.25, -0.2) is 0 Å². The van der Waals surface area contributed by atoms with Crippen molar-refractivity contribution in [2.45, 2.75) is 12.8 Å². The van der Waals surface area contributed by atoms with Crippen LogP contribution < -0.4 is 5.32 Å². The topological polar surface area (TPSA) is 51.1 Å². The molecule has 116 valence electrons. The number of aromatic nitrogens is 1. The van der Waals surface area contributed by atoms with E-state index in [4.69, 9.17) is 11.6 Å². The summed E-state index contributed by atoms with van der Waals surface area (Å²) in [7, 11) is 0. The Kier molecular flexibility index (Phi) is 4.44. The molecular weight excluding hydrogens is 312 g/mol. The highest BCUT2D eigenvalue weighted by Gasteiger charge is 2.11. The van der Waals surface area contributed by atoms with Crippen LogP contribution in [0.2, 0.25) is 5.02 Å². The highest BCUT2D eigenvalue weighted by Crippen LogP contribution is 2.16. The largest absolute Gasteiger partial charge is 0.326 e. The van der Waals surface area contributed by atoms with Crippen molar-refractivity contribution in [1.82, 2.24) is 4.57 Å². The number of hydrogen-bond acceptors (Lipinski definition) is 2. The van der Waals surface area contributed by atoms with Crippen molar-refractivity contribution in [3.05, 3.63) is 65.8 Å². The number of rotatable bonds is 4. The van der Waals surface area contributed by atoms with Crippen LogP contribution in [0.3, 0.4) is 0 Å². The van der Waals surface area contributed by atoms with Crippen LogP contribution in [0.1, 0.15) is 17.6 Å². The molecule has 0 fully saturated rings. The van der Waals surface area contributed by atoms with Gasteiger partial charge in [-0.05, 0) is 36.4 Å². The second-order valence-corrected chi connectivity index (χ2v) is 5.63. The van der Waals surface area contributed by atoms with Crippen LogP contribution in [0.25, 0.3) is 10.9 Å². The first kappa shape index (κ1) is 15.3. The van der Waals surface area contributed by atoms with Gasteiger partial charge in [-0.2, -0.15) is 0 Å². The fourth-order valence-electron chi connectivity index (χ4n) is 2.40. The van der Waals surface area contributed by atoms with Crippen LogP contribution in [0.15, 0.2) is 60.8 Å². The number of hydrogen-bond donors (Lipinski definition) is 1. The molecule has 3 rings (SSSR count). The number of carbonyl (C=O) groups is 2. The summed E-state index contributed by atoms with van der Waals surface area (Å²) >= 11 is 5.80. The van der Waals surface area contributed by atoms with E-state index in [-0.39, 0.29) is 24.7 Å². The van der Waals surface area contributed by atoms with E-state index in [0.717, 1.165) is 10.9 Å². The fraction of sp³-hybridized carbons (Fsp3) is 0.111. The quantitative estimate of drug-likeness (QED) is 0.774. The summed E-state index contributed by atoms with van der Waals surface area (Å²) in [6, 6.07) is 16.4. The number of anilines is 1. The number of benzene rings is 2. The molecule has 0 saturated carbocycles. The van der Waals surface area contributed by atoms with Crippen molar-refractivity contribution in [3.63, 3.8) is 0 Å². The lowest BCUT2D eigenvalue weighted by Crippen LogP contribution is -2.16. The predicted molar refractivity (Wildman–Crippen MR) is 91.9 cm³/mol. The Morgan fingerprint density at radius 3 is 2.48 bits per heavy atom. The predicted octanol–water partition coefficient (Wildman–Crippen LogP) is 4.35. The summed E-state index contributed by atoms with van der Waals surface area (Å²) < 4.78 is 1.59. The number of halogens is 1. The molecule has 1 aromatic heterocycles. The van der Waals surface area contributed by atoms with Crippen molar-refractivity contribution in [3.8, 4) is 0 Å². The molecule has 0 bridgehead atoms. The molecule has 1 N–H and O–H groups in total. The minimum Gasteiger partial charge on any atom is -0.326 e. The second kappa shape index (κ2) is 6.67. The first-order chi connectivity index (χ1) is 11.1. The molecular formula is C18H15ClN2O2. The summed E-state index contributed by atoms with van der Waals surface area (Å²) in [4.78, 5) is 24.2. The van der Waals surface area contributed by atoms with Crippen molar-refractivity contribution >= 4 is 40.0 Å². The number of carbonyl (C=O) groups excluding carboxylic acids is 2. The van der Waals surface area contributed by atoms with E-state index in [2.05, 4.69) is 5.32 Å². The van der Waals surface area contributed by atoms with Crippen LogP contribution in [0.4, 0.5) is 5.69 Å². The Morgan fingerprint density at radius 2 is 1.70 bits per heavy atom. The molecule has 1 heterocycles. The molecule has 3 aromatic rings.